The maximum atomic E-state index is 11.7. The summed E-state index contributed by atoms with van der Waals surface area (Å²) >= 11 is 0.824. The molecule has 1 aliphatic rings. The average molecular weight is 278 g/mol. The van der Waals surface area contributed by atoms with Gasteiger partial charge in [0.15, 0.2) is 0 Å². The van der Waals surface area contributed by atoms with Gasteiger partial charge in [-0.25, -0.2) is 0 Å². The number of aryl methyl sites for hydroxylation is 1. The fraction of sp³-hybridized carbons (Fsp3) is 0.167. The number of nitro benzene ring substituents is 1. The number of likely N-dealkylation sites (N-methyl/N-ethyl adjacent to an activating group) is 1. The van der Waals surface area contributed by atoms with Crippen LogP contribution in [0.5, 0.6) is 0 Å². The van der Waals surface area contributed by atoms with Gasteiger partial charge < -0.3 is 0 Å². The lowest BCUT2D eigenvalue weighted by molar-refractivity contribution is -0.385. The third kappa shape index (κ3) is 2.50. The Kier molecular flexibility index (Phi) is 3.39. The number of nitro groups is 1. The molecule has 0 N–H and O–H groups in total. The number of carbonyl (C=O) groups is 2. The second-order valence-electron chi connectivity index (χ2n) is 4.04. The highest BCUT2D eigenvalue weighted by Crippen LogP contribution is 2.31. The summed E-state index contributed by atoms with van der Waals surface area (Å²) in [4.78, 5) is 34.7. The number of hydrogen-bond donors (Lipinski definition) is 0. The Morgan fingerprint density at radius 3 is 2.58 bits per heavy atom. The molecule has 0 spiro atoms. The Morgan fingerprint density at radius 2 is 2.05 bits per heavy atom. The maximum absolute atomic E-state index is 11.7. The Balaban J connectivity index is 2.39. The normalized spacial score (nSPS) is 17.4. The van der Waals surface area contributed by atoms with E-state index >= 15 is 0 Å². The summed E-state index contributed by atoms with van der Waals surface area (Å²) < 4.78 is 0. The molecule has 1 aromatic carbocycles. The number of imide groups is 1. The molecule has 7 heteroatoms. The molecule has 98 valence electrons. The van der Waals surface area contributed by atoms with Crippen LogP contribution in [-0.2, 0) is 4.79 Å². The fourth-order valence-electron chi connectivity index (χ4n) is 1.61. The van der Waals surface area contributed by atoms with Crippen LogP contribution < -0.4 is 0 Å². The van der Waals surface area contributed by atoms with Crippen LogP contribution >= 0.6 is 11.8 Å². The minimum atomic E-state index is -0.474. The molecule has 0 atom stereocenters. The average Bonchev–Trinajstić information content (AvgIpc) is 2.59. The first-order valence-electron chi connectivity index (χ1n) is 5.37. The molecule has 0 aliphatic carbocycles. The largest absolute Gasteiger partial charge is 0.293 e. The summed E-state index contributed by atoms with van der Waals surface area (Å²) in [6, 6.07) is 4.67. The molecule has 1 heterocycles. The molecule has 2 amide bonds. The molecule has 19 heavy (non-hydrogen) atoms. The van der Waals surface area contributed by atoms with E-state index in [4.69, 9.17) is 0 Å². The first-order chi connectivity index (χ1) is 8.90. The third-order valence-corrected chi connectivity index (χ3v) is 3.68. The Morgan fingerprint density at radius 1 is 1.37 bits per heavy atom. The quantitative estimate of drug-likeness (QED) is 0.472. The smallest absolute Gasteiger partial charge is 0.272 e. The van der Waals surface area contributed by atoms with Crippen LogP contribution in [0.25, 0.3) is 6.08 Å². The summed E-state index contributed by atoms with van der Waals surface area (Å²) in [6.07, 6.45) is 1.49. The van der Waals surface area contributed by atoms with Crippen molar-refractivity contribution >= 4 is 34.7 Å². The molecular formula is C12H10N2O4S. The van der Waals surface area contributed by atoms with Crippen LogP contribution in [0, 0.1) is 17.0 Å². The molecule has 0 bridgehead atoms. The van der Waals surface area contributed by atoms with Gasteiger partial charge in [-0.3, -0.25) is 24.6 Å². The van der Waals surface area contributed by atoms with Gasteiger partial charge in [0.25, 0.3) is 16.8 Å². The lowest BCUT2D eigenvalue weighted by atomic mass is 10.1. The van der Waals surface area contributed by atoms with Gasteiger partial charge in [-0.15, -0.1) is 0 Å². The fourth-order valence-corrected chi connectivity index (χ4v) is 2.44. The van der Waals surface area contributed by atoms with E-state index < -0.39 is 10.8 Å². The maximum Gasteiger partial charge on any atom is 0.293 e. The van der Waals surface area contributed by atoms with Crippen molar-refractivity contribution in [2.75, 3.05) is 7.05 Å². The molecule has 1 saturated heterocycles. The highest BCUT2D eigenvalue weighted by atomic mass is 32.2. The van der Waals surface area contributed by atoms with Gasteiger partial charge in [0.2, 0.25) is 0 Å². The summed E-state index contributed by atoms with van der Waals surface area (Å²) in [7, 11) is 1.40. The van der Waals surface area contributed by atoms with E-state index in [0.717, 1.165) is 16.7 Å². The van der Waals surface area contributed by atoms with Gasteiger partial charge in [-0.2, -0.15) is 0 Å². The highest BCUT2D eigenvalue weighted by Gasteiger charge is 2.31. The number of thioether (sulfide) groups is 1. The molecule has 0 saturated carbocycles. The van der Waals surface area contributed by atoms with Crippen molar-refractivity contribution in [1.82, 2.24) is 4.90 Å². The van der Waals surface area contributed by atoms with E-state index in [0.29, 0.717) is 11.1 Å². The molecule has 1 aromatic rings. The lowest BCUT2D eigenvalue weighted by Crippen LogP contribution is -2.22. The summed E-state index contributed by atoms with van der Waals surface area (Å²) in [5, 5.41) is 10.5. The minimum Gasteiger partial charge on any atom is -0.272 e. The number of rotatable bonds is 2. The molecule has 0 radical (unpaired) electrons. The zero-order chi connectivity index (χ0) is 14.2. The Bertz CT molecular complexity index is 624. The van der Waals surface area contributed by atoms with Crippen molar-refractivity contribution in [3.63, 3.8) is 0 Å². The number of hydrogen-bond acceptors (Lipinski definition) is 5. The Labute approximate surface area is 113 Å². The van der Waals surface area contributed by atoms with Crippen LogP contribution in [-0.4, -0.2) is 28.0 Å². The second-order valence-corrected chi connectivity index (χ2v) is 5.04. The standard InChI is InChI=1S/C12H10N2O4S/c1-7-3-4-8(5-9(7)14(17)18)6-10-11(15)13(2)12(16)19-10/h3-6H,1-2H3. The molecule has 6 nitrogen and oxygen atoms in total. The van der Waals surface area contributed by atoms with Crippen molar-refractivity contribution in [3.05, 3.63) is 44.3 Å². The zero-order valence-corrected chi connectivity index (χ0v) is 11.1. The summed E-state index contributed by atoms with van der Waals surface area (Å²) in [6.45, 7) is 1.64. The topological polar surface area (TPSA) is 80.5 Å². The summed E-state index contributed by atoms with van der Waals surface area (Å²) in [5.41, 5.74) is 1.06. The molecule has 1 aliphatic heterocycles. The van der Waals surface area contributed by atoms with E-state index in [-0.39, 0.29) is 15.8 Å². The second kappa shape index (κ2) is 4.85. The first-order valence-corrected chi connectivity index (χ1v) is 6.18. The van der Waals surface area contributed by atoms with Crippen molar-refractivity contribution in [3.8, 4) is 0 Å². The van der Waals surface area contributed by atoms with E-state index in [9.17, 15) is 19.7 Å². The number of carbonyl (C=O) groups excluding carboxylic acids is 2. The van der Waals surface area contributed by atoms with Crippen LogP contribution in [0.3, 0.4) is 0 Å². The lowest BCUT2D eigenvalue weighted by Gasteiger charge is -2.01. The predicted octanol–water partition coefficient (Wildman–Crippen LogP) is 2.57. The number of nitrogens with zero attached hydrogens (tertiary/aromatic N) is 2. The molecule has 0 unspecified atom stereocenters. The van der Waals surface area contributed by atoms with Gasteiger partial charge in [-0.1, -0.05) is 12.1 Å². The van der Waals surface area contributed by atoms with Crippen LogP contribution in [0.1, 0.15) is 11.1 Å². The third-order valence-electron chi connectivity index (χ3n) is 2.71. The van der Waals surface area contributed by atoms with Crippen LogP contribution in [0.4, 0.5) is 10.5 Å². The minimum absolute atomic E-state index is 0.00974. The zero-order valence-electron chi connectivity index (χ0n) is 10.2. The van der Waals surface area contributed by atoms with Gasteiger partial charge in [-0.05, 0) is 30.3 Å². The number of amides is 2. The van der Waals surface area contributed by atoms with Gasteiger partial charge in [0, 0.05) is 18.7 Å². The van der Waals surface area contributed by atoms with Gasteiger partial charge >= 0.3 is 0 Å². The molecule has 2 rings (SSSR count). The van der Waals surface area contributed by atoms with Crippen LogP contribution in [0.15, 0.2) is 23.1 Å². The summed E-state index contributed by atoms with van der Waals surface area (Å²) in [5.74, 6) is -0.391. The molecular weight excluding hydrogens is 268 g/mol. The van der Waals surface area contributed by atoms with E-state index in [1.54, 1.807) is 19.1 Å². The van der Waals surface area contributed by atoms with E-state index in [1.807, 2.05) is 0 Å². The van der Waals surface area contributed by atoms with E-state index in [2.05, 4.69) is 0 Å². The van der Waals surface area contributed by atoms with Gasteiger partial charge in [0.05, 0.1) is 9.83 Å². The van der Waals surface area contributed by atoms with Crippen molar-refractivity contribution in [1.29, 1.82) is 0 Å². The van der Waals surface area contributed by atoms with Crippen LogP contribution in [0.2, 0.25) is 0 Å². The highest BCUT2D eigenvalue weighted by molar-refractivity contribution is 8.18. The SMILES string of the molecule is Cc1ccc(C=C2SC(=O)N(C)C2=O)cc1[N+](=O)[O-]. The monoisotopic (exact) mass is 278 g/mol. The Hall–Kier alpha value is -2.15. The van der Waals surface area contributed by atoms with Crippen molar-refractivity contribution in [2.24, 2.45) is 0 Å². The predicted molar refractivity (Wildman–Crippen MR) is 71.6 cm³/mol. The van der Waals surface area contributed by atoms with Crippen molar-refractivity contribution in [2.45, 2.75) is 6.92 Å². The van der Waals surface area contributed by atoms with Gasteiger partial charge in [0.1, 0.15) is 0 Å². The molecule has 1 fully saturated rings. The number of benzene rings is 1. The first kappa shape index (κ1) is 13.3. The van der Waals surface area contributed by atoms with Crippen molar-refractivity contribution < 1.29 is 14.5 Å². The van der Waals surface area contributed by atoms with E-state index in [1.165, 1.54) is 19.2 Å². The molecule has 0 aromatic heterocycles.